The number of carboxylic acid groups (broad SMARTS) is 1. The van der Waals surface area contributed by atoms with E-state index in [1.807, 2.05) is 0 Å². The highest BCUT2D eigenvalue weighted by molar-refractivity contribution is 5.79. The maximum absolute atomic E-state index is 11.1. The van der Waals surface area contributed by atoms with E-state index < -0.39 is 17.7 Å². The first-order chi connectivity index (χ1) is 6.81. The number of carboxylic acids is 1. The van der Waals surface area contributed by atoms with Crippen molar-refractivity contribution < 1.29 is 19.4 Å². The Morgan fingerprint density at radius 3 is 2.47 bits per heavy atom. The van der Waals surface area contributed by atoms with Crippen molar-refractivity contribution >= 4 is 12.1 Å². The molecule has 86 valence electrons. The zero-order valence-electron chi connectivity index (χ0n) is 9.24. The molecule has 5 heteroatoms. The van der Waals surface area contributed by atoms with Crippen molar-refractivity contribution in [3.05, 3.63) is 12.2 Å². The second kappa shape index (κ2) is 6.06. The van der Waals surface area contributed by atoms with Crippen molar-refractivity contribution in [2.75, 3.05) is 6.54 Å². The van der Waals surface area contributed by atoms with Crippen molar-refractivity contribution in [3.63, 3.8) is 0 Å². The number of amides is 1. The molecule has 0 saturated heterocycles. The standard InChI is InChI=1S/C10H17NO4/c1-10(2,3)15-9(14)11-7-5-4-6-8(12)13/h4,6H,5,7H2,1-3H3,(H,11,14)(H,12,13)/b6-4+. The molecule has 0 aliphatic carbocycles. The second-order valence-electron chi connectivity index (χ2n) is 3.96. The van der Waals surface area contributed by atoms with Gasteiger partial charge < -0.3 is 15.2 Å². The molecule has 5 nitrogen and oxygen atoms in total. The van der Waals surface area contributed by atoms with Gasteiger partial charge in [0.15, 0.2) is 0 Å². The summed E-state index contributed by atoms with van der Waals surface area (Å²) in [6, 6.07) is 0. The third-order valence-corrected chi connectivity index (χ3v) is 1.24. The fourth-order valence-corrected chi connectivity index (χ4v) is 0.756. The van der Waals surface area contributed by atoms with Crippen LogP contribution in [0.2, 0.25) is 0 Å². The van der Waals surface area contributed by atoms with Crippen LogP contribution in [-0.4, -0.2) is 29.3 Å². The summed E-state index contributed by atoms with van der Waals surface area (Å²) >= 11 is 0. The van der Waals surface area contributed by atoms with E-state index >= 15 is 0 Å². The molecule has 0 aromatic heterocycles. The first-order valence-electron chi connectivity index (χ1n) is 4.67. The van der Waals surface area contributed by atoms with Crippen molar-refractivity contribution in [2.24, 2.45) is 0 Å². The number of rotatable bonds is 4. The summed E-state index contributed by atoms with van der Waals surface area (Å²) in [7, 11) is 0. The number of carbonyl (C=O) groups is 2. The summed E-state index contributed by atoms with van der Waals surface area (Å²) in [5.74, 6) is -0.993. The van der Waals surface area contributed by atoms with Gasteiger partial charge in [0.2, 0.25) is 0 Å². The minimum absolute atomic E-state index is 0.360. The third kappa shape index (κ3) is 10.4. The van der Waals surface area contributed by atoms with Gasteiger partial charge in [-0.2, -0.15) is 0 Å². The lowest BCUT2D eigenvalue weighted by Crippen LogP contribution is -2.32. The van der Waals surface area contributed by atoms with Crippen molar-refractivity contribution in [1.29, 1.82) is 0 Å². The maximum atomic E-state index is 11.1. The predicted molar refractivity (Wildman–Crippen MR) is 55.6 cm³/mol. The first kappa shape index (κ1) is 13.5. The van der Waals surface area contributed by atoms with Gasteiger partial charge in [-0.3, -0.25) is 0 Å². The van der Waals surface area contributed by atoms with Gasteiger partial charge in [-0.1, -0.05) is 6.08 Å². The molecule has 0 radical (unpaired) electrons. The Morgan fingerprint density at radius 2 is 2.00 bits per heavy atom. The lowest BCUT2D eigenvalue weighted by atomic mass is 10.2. The van der Waals surface area contributed by atoms with Gasteiger partial charge in [0.1, 0.15) is 5.60 Å². The molecule has 0 heterocycles. The average Bonchev–Trinajstić information content (AvgIpc) is 1.99. The van der Waals surface area contributed by atoms with E-state index in [9.17, 15) is 9.59 Å². The lowest BCUT2D eigenvalue weighted by molar-refractivity contribution is -0.131. The van der Waals surface area contributed by atoms with E-state index in [0.29, 0.717) is 13.0 Å². The van der Waals surface area contributed by atoms with Gasteiger partial charge in [-0.15, -0.1) is 0 Å². The molecular weight excluding hydrogens is 198 g/mol. The Balaban J connectivity index is 3.61. The first-order valence-corrected chi connectivity index (χ1v) is 4.67. The smallest absolute Gasteiger partial charge is 0.407 e. The Labute approximate surface area is 89.1 Å². The van der Waals surface area contributed by atoms with Crippen molar-refractivity contribution in [1.82, 2.24) is 5.32 Å². The molecule has 0 atom stereocenters. The fraction of sp³-hybridized carbons (Fsp3) is 0.600. The summed E-state index contributed by atoms with van der Waals surface area (Å²) in [6.45, 7) is 5.68. The Morgan fingerprint density at radius 1 is 1.40 bits per heavy atom. The van der Waals surface area contributed by atoms with Gasteiger partial charge in [-0.05, 0) is 27.2 Å². The molecule has 15 heavy (non-hydrogen) atoms. The molecule has 0 aliphatic rings. The van der Waals surface area contributed by atoms with E-state index in [0.717, 1.165) is 6.08 Å². The fourth-order valence-electron chi connectivity index (χ4n) is 0.756. The molecule has 2 N–H and O–H groups in total. The predicted octanol–water partition coefficient (Wildman–Crippen LogP) is 1.54. The topological polar surface area (TPSA) is 75.6 Å². The van der Waals surface area contributed by atoms with Crippen LogP contribution in [0.3, 0.4) is 0 Å². The van der Waals surface area contributed by atoms with Crippen LogP contribution in [0.5, 0.6) is 0 Å². The highest BCUT2D eigenvalue weighted by Gasteiger charge is 2.14. The van der Waals surface area contributed by atoms with Crippen LogP contribution in [0.4, 0.5) is 4.79 Å². The van der Waals surface area contributed by atoms with Crippen molar-refractivity contribution in [2.45, 2.75) is 32.8 Å². The molecule has 0 bridgehead atoms. The van der Waals surface area contributed by atoms with E-state index in [-0.39, 0.29) is 0 Å². The zero-order valence-corrected chi connectivity index (χ0v) is 9.24. The number of nitrogens with one attached hydrogen (secondary N) is 1. The van der Waals surface area contributed by atoms with Gasteiger partial charge in [0.05, 0.1) is 0 Å². The van der Waals surface area contributed by atoms with E-state index in [1.54, 1.807) is 20.8 Å². The monoisotopic (exact) mass is 215 g/mol. The van der Waals surface area contributed by atoms with Crippen molar-refractivity contribution in [3.8, 4) is 0 Å². The normalized spacial score (nSPS) is 11.4. The van der Waals surface area contributed by atoms with E-state index in [1.165, 1.54) is 6.08 Å². The van der Waals surface area contributed by atoms with Gasteiger partial charge >= 0.3 is 12.1 Å². The van der Waals surface area contributed by atoms with Gasteiger partial charge in [0.25, 0.3) is 0 Å². The number of alkyl carbamates (subject to hydrolysis) is 1. The molecule has 0 unspecified atom stereocenters. The zero-order chi connectivity index (χ0) is 11.9. The number of hydrogen-bond acceptors (Lipinski definition) is 3. The summed E-state index contributed by atoms with van der Waals surface area (Å²) in [6.07, 6.45) is 2.48. The Hall–Kier alpha value is -1.52. The SMILES string of the molecule is CC(C)(C)OC(=O)NCC/C=C/C(=O)O. The molecule has 0 aliphatic heterocycles. The molecular formula is C10H17NO4. The van der Waals surface area contributed by atoms with Crippen LogP contribution in [0.15, 0.2) is 12.2 Å². The van der Waals surface area contributed by atoms with E-state index in [2.05, 4.69) is 5.32 Å². The summed E-state index contributed by atoms with van der Waals surface area (Å²) < 4.78 is 4.97. The summed E-state index contributed by atoms with van der Waals surface area (Å²) in [4.78, 5) is 21.2. The second-order valence-corrected chi connectivity index (χ2v) is 3.96. The molecule has 0 rings (SSSR count). The van der Waals surface area contributed by atoms with Crippen LogP contribution in [-0.2, 0) is 9.53 Å². The average molecular weight is 215 g/mol. The van der Waals surface area contributed by atoms with Crippen LogP contribution < -0.4 is 5.32 Å². The largest absolute Gasteiger partial charge is 0.478 e. The molecule has 1 amide bonds. The summed E-state index contributed by atoms with van der Waals surface area (Å²) in [5, 5.41) is 10.8. The van der Waals surface area contributed by atoms with Crippen LogP contribution in [0.25, 0.3) is 0 Å². The molecule has 0 aromatic carbocycles. The number of hydrogen-bond donors (Lipinski definition) is 2. The molecule has 0 saturated carbocycles. The van der Waals surface area contributed by atoms with Crippen LogP contribution >= 0.6 is 0 Å². The van der Waals surface area contributed by atoms with Gasteiger partial charge in [0, 0.05) is 12.6 Å². The van der Waals surface area contributed by atoms with Crippen LogP contribution in [0.1, 0.15) is 27.2 Å². The molecule has 0 fully saturated rings. The molecule has 0 spiro atoms. The highest BCUT2D eigenvalue weighted by atomic mass is 16.6. The minimum Gasteiger partial charge on any atom is -0.478 e. The quantitative estimate of drug-likeness (QED) is 0.551. The third-order valence-electron chi connectivity index (χ3n) is 1.24. The Bertz CT molecular complexity index is 253. The van der Waals surface area contributed by atoms with Crippen LogP contribution in [0, 0.1) is 0 Å². The lowest BCUT2D eigenvalue weighted by Gasteiger charge is -2.19. The molecule has 0 aromatic rings. The summed E-state index contributed by atoms with van der Waals surface area (Å²) in [5.41, 5.74) is -0.513. The maximum Gasteiger partial charge on any atom is 0.407 e. The minimum atomic E-state index is -0.993. The number of carbonyl (C=O) groups excluding carboxylic acids is 1. The van der Waals surface area contributed by atoms with E-state index in [4.69, 9.17) is 9.84 Å². The highest BCUT2D eigenvalue weighted by Crippen LogP contribution is 2.06. The van der Waals surface area contributed by atoms with Gasteiger partial charge in [-0.25, -0.2) is 9.59 Å². The number of aliphatic carboxylic acids is 1. The Kier molecular flexibility index (Phi) is 5.44. The number of ether oxygens (including phenoxy) is 1.